The molecule has 0 spiro atoms. The van der Waals surface area contributed by atoms with Crippen LogP contribution in [0.4, 0.5) is 0 Å². The van der Waals surface area contributed by atoms with Gasteiger partial charge in [-0.05, 0) is 80.7 Å². The Kier molecular flexibility index (Phi) is 25.0. The van der Waals surface area contributed by atoms with Crippen LogP contribution < -0.4 is 0 Å². The van der Waals surface area contributed by atoms with Crippen LogP contribution in [0.3, 0.4) is 0 Å². The average molecular weight is 1100 g/mol. The number of hydrogen-bond acceptors (Lipinski definition) is 19. The Morgan fingerprint density at radius 3 is 2.12 bits per heavy atom. The summed E-state index contributed by atoms with van der Waals surface area (Å²) in [7, 11) is 6.12. The highest BCUT2D eigenvalue weighted by molar-refractivity contribution is 5.88. The van der Waals surface area contributed by atoms with Gasteiger partial charge in [-0.25, -0.2) is 4.79 Å². The number of rotatable bonds is 15. The number of hydrogen-bond donors (Lipinski definition) is 6. The number of cyclic esters (lactones) is 1. The van der Waals surface area contributed by atoms with Crippen LogP contribution in [0.5, 0.6) is 0 Å². The van der Waals surface area contributed by atoms with Gasteiger partial charge in [0.05, 0.1) is 67.1 Å². The lowest BCUT2D eigenvalue weighted by Gasteiger charge is -2.50. The van der Waals surface area contributed by atoms with Gasteiger partial charge in [0.25, 0.3) is 0 Å². The van der Waals surface area contributed by atoms with E-state index in [-0.39, 0.29) is 50.7 Å². The van der Waals surface area contributed by atoms with Crippen LogP contribution in [0, 0.1) is 17.8 Å². The SMILES string of the molecule is COCC(CC1OC(O)(CC2CC(OC)CCCC=C(C)C=CC(OC3OC(C)C(OC)C(O)C3O)C(C)C=C(C)C=C(C)C=C(C)C(=O)O2)C(C)C(O)C1C)OC1CC(C)(O)C(OC2CC(OC)C(O)C(C)O2)C(C)O1. The van der Waals surface area contributed by atoms with Gasteiger partial charge in [0.2, 0.25) is 0 Å². The van der Waals surface area contributed by atoms with Crippen molar-refractivity contribution in [1.82, 2.24) is 0 Å². The maximum absolute atomic E-state index is 14.1. The summed E-state index contributed by atoms with van der Waals surface area (Å²) in [6.45, 7) is 20.1. The molecular formula is C58H96O19. The van der Waals surface area contributed by atoms with Crippen molar-refractivity contribution in [3.63, 3.8) is 0 Å². The van der Waals surface area contributed by atoms with E-state index in [0.717, 1.165) is 23.1 Å². The minimum Gasteiger partial charge on any atom is -0.459 e. The highest BCUT2D eigenvalue weighted by Crippen LogP contribution is 2.43. The second kappa shape index (κ2) is 29.5. The van der Waals surface area contributed by atoms with Gasteiger partial charge in [-0.3, -0.25) is 0 Å². The second-order valence-electron chi connectivity index (χ2n) is 22.8. The van der Waals surface area contributed by atoms with Crippen molar-refractivity contribution in [2.75, 3.05) is 35.0 Å². The molecule has 23 atom stereocenters. The number of esters is 1. The molecule has 442 valence electrons. The molecule has 19 nitrogen and oxygen atoms in total. The van der Waals surface area contributed by atoms with Gasteiger partial charge in [0, 0.05) is 83.9 Å². The highest BCUT2D eigenvalue weighted by atomic mass is 16.7. The van der Waals surface area contributed by atoms with Crippen LogP contribution >= 0.6 is 0 Å². The molecule has 0 saturated carbocycles. The van der Waals surface area contributed by atoms with E-state index in [1.54, 1.807) is 54.7 Å². The van der Waals surface area contributed by atoms with Crippen molar-refractivity contribution in [3.05, 3.63) is 58.7 Å². The molecule has 0 aromatic rings. The number of allylic oxidation sites excluding steroid dienone is 7. The molecule has 4 saturated heterocycles. The largest absolute Gasteiger partial charge is 0.459 e. The molecule has 5 rings (SSSR count). The van der Waals surface area contributed by atoms with Crippen molar-refractivity contribution < 1.29 is 92.3 Å². The van der Waals surface area contributed by atoms with Gasteiger partial charge in [-0.15, -0.1) is 0 Å². The molecule has 5 aliphatic rings. The minimum absolute atomic E-state index is 0.0345. The van der Waals surface area contributed by atoms with Gasteiger partial charge in [0.1, 0.15) is 36.6 Å². The summed E-state index contributed by atoms with van der Waals surface area (Å²) < 4.78 is 72.9. The Labute approximate surface area is 457 Å². The van der Waals surface area contributed by atoms with Crippen molar-refractivity contribution in [3.8, 4) is 0 Å². The lowest BCUT2D eigenvalue weighted by atomic mass is 9.77. The molecule has 19 heteroatoms. The van der Waals surface area contributed by atoms with E-state index in [1.165, 1.54) is 21.3 Å². The second-order valence-corrected chi connectivity index (χ2v) is 22.8. The Morgan fingerprint density at radius 1 is 0.766 bits per heavy atom. The zero-order chi connectivity index (χ0) is 57.1. The fraction of sp³-hybridized carbons (Fsp3) is 0.810. The monoisotopic (exact) mass is 1100 g/mol. The highest BCUT2D eigenvalue weighted by Gasteiger charge is 2.53. The molecule has 23 unspecified atom stereocenters. The maximum atomic E-state index is 14.1. The summed E-state index contributed by atoms with van der Waals surface area (Å²) in [6, 6.07) is 0. The Bertz CT molecular complexity index is 2010. The zero-order valence-corrected chi connectivity index (χ0v) is 48.4. The lowest BCUT2D eigenvalue weighted by molar-refractivity contribution is -0.343. The van der Waals surface area contributed by atoms with Crippen molar-refractivity contribution in [2.24, 2.45) is 17.8 Å². The molecule has 5 aliphatic heterocycles. The van der Waals surface area contributed by atoms with Gasteiger partial charge >= 0.3 is 5.97 Å². The normalized spacial score (nSPS) is 43.1. The number of ether oxygens (including phenoxy) is 12. The minimum atomic E-state index is -1.96. The van der Waals surface area contributed by atoms with E-state index in [0.29, 0.717) is 18.4 Å². The van der Waals surface area contributed by atoms with E-state index in [1.807, 2.05) is 58.9 Å². The molecule has 0 aromatic carbocycles. The molecule has 0 aliphatic carbocycles. The molecule has 0 radical (unpaired) electrons. The zero-order valence-electron chi connectivity index (χ0n) is 48.4. The van der Waals surface area contributed by atoms with Crippen molar-refractivity contribution in [2.45, 2.75) is 249 Å². The van der Waals surface area contributed by atoms with Crippen molar-refractivity contribution in [1.29, 1.82) is 0 Å². The van der Waals surface area contributed by atoms with E-state index in [2.05, 4.69) is 6.08 Å². The van der Waals surface area contributed by atoms with Crippen LogP contribution in [0.1, 0.15) is 128 Å². The Balaban J connectivity index is 1.33. The molecule has 6 N–H and O–H groups in total. The third kappa shape index (κ3) is 17.7. The summed E-state index contributed by atoms with van der Waals surface area (Å²) >= 11 is 0. The fourth-order valence-electron chi connectivity index (χ4n) is 11.6. The van der Waals surface area contributed by atoms with E-state index in [4.69, 9.17) is 56.8 Å². The number of methoxy groups -OCH3 is 4. The summed E-state index contributed by atoms with van der Waals surface area (Å²) in [6.07, 6.45) is 0.145. The maximum Gasteiger partial charge on any atom is 0.333 e. The first-order chi connectivity index (χ1) is 36.2. The fourth-order valence-corrected chi connectivity index (χ4v) is 11.6. The Morgan fingerprint density at radius 2 is 1.47 bits per heavy atom. The molecule has 4 fully saturated rings. The quantitative estimate of drug-likeness (QED) is 0.109. The van der Waals surface area contributed by atoms with Gasteiger partial charge in [-0.2, -0.15) is 0 Å². The lowest BCUT2D eigenvalue weighted by Crippen LogP contribution is -2.60. The Hall–Kier alpha value is -2.51. The van der Waals surface area contributed by atoms with Crippen LogP contribution in [0.15, 0.2) is 58.7 Å². The first-order valence-corrected chi connectivity index (χ1v) is 27.7. The number of aliphatic hydroxyl groups excluding tert-OH is 4. The molecule has 0 bridgehead atoms. The summed E-state index contributed by atoms with van der Waals surface area (Å²) in [5, 5.41) is 68.5. The molecule has 0 amide bonds. The predicted molar refractivity (Wildman–Crippen MR) is 285 cm³/mol. The number of carbonyl (C=O) groups excluding carboxylic acids is 1. The third-order valence-corrected chi connectivity index (χ3v) is 16.1. The number of carbonyl (C=O) groups is 1. The van der Waals surface area contributed by atoms with Crippen LogP contribution in [-0.4, -0.2) is 193 Å². The molecule has 5 heterocycles. The van der Waals surface area contributed by atoms with E-state index < -0.39 is 134 Å². The predicted octanol–water partition coefficient (Wildman–Crippen LogP) is 5.65. The first-order valence-electron chi connectivity index (χ1n) is 27.7. The summed E-state index contributed by atoms with van der Waals surface area (Å²) in [4.78, 5) is 14.1. The van der Waals surface area contributed by atoms with E-state index >= 15 is 0 Å². The standard InChI is InChI=1S/C58H96O19/c1-31-18-16-17-19-41(67-13)25-42(74-55(63)35(5)24-33(3)22-32(2)23-34(4)44(21-20-31)75-56-52(62)51(61)53(69-15)39(9)72-56)28-58(65)37(7)49(59)36(6)45(77-58)26-43(30-66-12)73-48-29-57(11,64)54(40(10)71-48)76-47-27-46(68-14)50(60)38(8)70-47/h18,20-24,34,36-54,56,59-62,64-65H,16-17,19,25-30H2,1-15H3. The topological polar surface area (TPSA) is 249 Å². The number of aliphatic hydroxyl groups is 6. The van der Waals surface area contributed by atoms with Crippen LogP contribution in [-0.2, 0) is 61.6 Å². The van der Waals surface area contributed by atoms with Crippen LogP contribution in [0.2, 0.25) is 0 Å². The van der Waals surface area contributed by atoms with Crippen LogP contribution in [0.25, 0.3) is 0 Å². The third-order valence-electron chi connectivity index (χ3n) is 16.1. The first kappa shape index (κ1) is 65.3. The molecule has 0 aromatic heterocycles. The van der Waals surface area contributed by atoms with Gasteiger partial charge < -0.3 is 87.5 Å². The average Bonchev–Trinajstić information content (AvgIpc) is 3.35. The summed E-state index contributed by atoms with van der Waals surface area (Å²) in [5.41, 5.74) is 1.54. The molecule has 77 heavy (non-hydrogen) atoms. The van der Waals surface area contributed by atoms with Gasteiger partial charge in [-0.1, -0.05) is 67.9 Å². The smallest absolute Gasteiger partial charge is 0.333 e. The molecular weight excluding hydrogens is 1000 g/mol. The summed E-state index contributed by atoms with van der Waals surface area (Å²) in [5.74, 6) is -4.04. The van der Waals surface area contributed by atoms with Gasteiger partial charge in [0.15, 0.2) is 24.7 Å². The van der Waals surface area contributed by atoms with E-state index in [9.17, 15) is 35.4 Å². The van der Waals surface area contributed by atoms with Crippen molar-refractivity contribution >= 4 is 5.97 Å².